The van der Waals surface area contributed by atoms with Crippen molar-refractivity contribution in [3.8, 4) is 0 Å². The van der Waals surface area contributed by atoms with E-state index in [9.17, 15) is 9.59 Å². The third-order valence-electron chi connectivity index (χ3n) is 5.47. The number of likely N-dealkylation sites (tertiary alicyclic amines) is 1. The van der Waals surface area contributed by atoms with Crippen LogP contribution in [0.4, 0.5) is 0 Å². The summed E-state index contributed by atoms with van der Waals surface area (Å²) in [4.78, 5) is 29.7. The average molecular weight is 370 g/mol. The molecule has 0 N–H and O–H groups in total. The van der Waals surface area contributed by atoms with Crippen LogP contribution in [-0.2, 0) is 4.74 Å². The normalized spacial score (nSPS) is 26.6. The number of morpholine rings is 1. The van der Waals surface area contributed by atoms with Gasteiger partial charge < -0.3 is 14.1 Å². The Morgan fingerprint density at radius 3 is 2.70 bits per heavy atom. The van der Waals surface area contributed by atoms with E-state index in [0.717, 1.165) is 37.9 Å². The second kappa shape index (κ2) is 7.44. The molecular weight excluding hydrogens is 344 g/mol. The maximum Gasteiger partial charge on any atom is 0.349 e. The zero-order chi connectivity index (χ0) is 19.0. The SMILES string of the molecule is C[C@@H]1CN(C[C@H]2CCCN2C(=O)c2cc3ccccc3oc2=O)C[C@@H](C)O1. The van der Waals surface area contributed by atoms with Crippen molar-refractivity contribution in [1.29, 1.82) is 0 Å². The molecule has 0 radical (unpaired) electrons. The molecule has 0 saturated carbocycles. The minimum Gasteiger partial charge on any atom is -0.422 e. The number of carbonyl (C=O) groups is 1. The number of para-hydroxylation sites is 1. The lowest BCUT2D eigenvalue weighted by molar-refractivity contribution is -0.0715. The second-order valence-corrected chi connectivity index (χ2v) is 7.76. The summed E-state index contributed by atoms with van der Waals surface area (Å²) in [5.74, 6) is -0.216. The van der Waals surface area contributed by atoms with Gasteiger partial charge in [0.05, 0.1) is 12.2 Å². The number of hydrogen-bond donors (Lipinski definition) is 0. The van der Waals surface area contributed by atoms with Crippen LogP contribution in [0.3, 0.4) is 0 Å². The smallest absolute Gasteiger partial charge is 0.349 e. The van der Waals surface area contributed by atoms with Gasteiger partial charge in [-0.1, -0.05) is 18.2 Å². The molecule has 2 aliphatic heterocycles. The van der Waals surface area contributed by atoms with E-state index in [0.29, 0.717) is 12.1 Å². The first-order valence-corrected chi connectivity index (χ1v) is 9.73. The van der Waals surface area contributed by atoms with Crippen molar-refractivity contribution in [2.45, 2.75) is 44.9 Å². The minimum absolute atomic E-state index is 0.126. The van der Waals surface area contributed by atoms with Crippen LogP contribution < -0.4 is 5.63 Å². The number of ether oxygens (including phenoxy) is 1. The van der Waals surface area contributed by atoms with Crippen LogP contribution in [0.2, 0.25) is 0 Å². The van der Waals surface area contributed by atoms with Crippen LogP contribution in [0.25, 0.3) is 11.0 Å². The summed E-state index contributed by atoms with van der Waals surface area (Å²) >= 11 is 0. The summed E-state index contributed by atoms with van der Waals surface area (Å²) in [6.45, 7) is 7.43. The number of hydrogen-bond acceptors (Lipinski definition) is 5. The van der Waals surface area contributed by atoms with E-state index in [1.807, 2.05) is 23.1 Å². The standard InChI is InChI=1S/C21H26N2O4/c1-14-11-22(12-15(2)26-14)13-17-7-5-9-23(17)20(24)18-10-16-6-3-4-8-19(16)27-21(18)25/h3-4,6,8,10,14-15,17H,5,7,9,11-13H2,1-2H3/t14-,15-,17-/m1/s1. The highest BCUT2D eigenvalue weighted by Gasteiger charge is 2.34. The predicted molar refractivity (Wildman–Crippen MR) is 103 cm³/mol. The number of carbonyl (C=O) groups excluding carboxylic acids is 1. The summed E-state index contributed by atoms with van der Waals surface area (Å²) in [6, 6.07) is 9.07. The van der Waals surface area contributed by atoms with Gasteiger partial charge in [-0.3, -0.25) is 9.69 Å². The molecule has 0 aliphatic carbocycles. The molecule has 2 aromatic rings. The van der Waals surface area contributed by atoms with Gasteiger partial charge >= 0.3 is 5.63 Å². The van der Waals surface area contributed by atoms with Crippen molar-refractivity contribution in [2.24, 2.45) is 0 Å². The number of benzene rings is 1. The molecule has 1 amide bonds. The first-order chi connectivity index (χ1) is 13.0. The van der Waals surface area contributed by atoms with Gasteiger partial charge in [0.2, 0.25) is 0 Å². The Labute approximate surface area is 158 Å². The van der Waals surface area contributed by atoms with E-state index < -0.39 is 5.63 Å². The second-order valence-electron chi connectivity index (χ2n) is 7.76. The molecule has 0 spiro atoms. The molecule has 2 aliphatic rings. The summed E-state index contributed by atoms with van der Waals surface area (Å²) in [6.07, 6.45) is 2.33. The van der Waals surface area contributed by atoms with Gasteiger partial charge in [0.1, 0.15) is 11.1 Å². The van der Waals surface area contributed by atoms with Gasteiger partial charge in [-0.15, -0.1) is 0 Å². The molecule has 2 saturated heterocycles. The van der Waals surface area contributed by atoms with E-state index in [1.165, 1.54) is 0 Å². The molecule has 144 valence electrons. The zero-order valence-electron chi connectivity index (χ0n) is 15.9. The lowest BCUT2D eigenvalue weighted by Crippen LogP contribution is -2.51. The first kappa shape index (κ1) is 18.2. The largest absolute Gasteiger partial charge is 0.422 e. The molecule has 1 aromatic heterocycles. The fraction of sp³-hybridized carbons (Fsp3) is 0.524. The number of fused-ring (bicyclic) bond motifs is 1. The minimum atomic E-state index is -0.557. The van der Waals surface area contributed by atoms with Crippen LogP contribution in [0.1, 0.15) is 37.0 Å². The number of amides is 1. The third kappa shape index (κ3) is 3.77. The summed E-state index contributed by atoms with van der Waals surface area (Å²) in [5.41, 5.74) is 0.0793. The van der Waals surface area contributed by atoms with Crippen molar-refractivity contribution >= 4 is 16.9 Å². The van der Waals surface area contributed by atoms with Crippen molar-refractivity contribution in [2.75, 3.05) is 26.2 Å². The van der Waals surface area contributed by atoms with Crippen LogP contribution in [0, 0.1) is 0 Å². The highest BCUT2D eigenvalue weighted by molar-refractivity contribution is 5.97. The van der Waals surface area contributed by atoms with Gasteiger partial charge in [-0.25, -0.2) is 4.79 Å². The lowest BCUT2D eigenvalue weighted by Gasteiger charge is -2.38. The van der Waals surface area contributed by atoms with E-state index >= 15 is 0 Å². The molecule has 0 unspecified atom stereocenters. The lowest BCUT2D eigenvalue weighted by atomic mass is 10.1. The maximum absolute atomic E-state index is 13.1. The molecule has 6 nitrogen and oxygen atoms in total. The molecule has 6 heteroatoms. The highest BCUT2D eigenvalue weighted by Crippen LogP contribution is 2.23. The molecule has 2 fully saturated rings. The topological polar surface area (TPSA) is 63.0 Å². The fourth-order valence-corrected chi connectivity index (χ4v) is 4.39. The molecule has 4 rings (SSSR count). The van der Waals surface area contributed by atoms with Crippen LogP contribution in [-0.4, -0.2) is 60.1 Å². The Balaban J connectivity index is 1.54. The monoisotopic (exact) mass is 370 g/mol. The van der Waals surface area contributed by atoms with Crippen molar-refractivity contribution in [1.82, 2.24) is 9.80 Å². The first-order valence-electron chi connectivity index (χ1n) is 9.73. The molecule has 3 atom stereocenters. The predicted octanol–water partition coefficient (Wildman–Crippen LogP) is 2.51. The van der Waals surface area contributed by atoms with E-state index in [4.69, 9.17) is 9.15 Å². The summed E-state index contributed by atoms with van der Waals surface area (Å²) < 4.78 is 11.2. The van der Waals surface area contributed by atoms with Gasteiger partial charge in [-0.05, 0) is 38.8 Å². The number of nitrogens with zero attached hydrogens (tertiary/aromatic N) is 2. The molecule has 1 aromatic carbocycles. The van der Waals surface area contributed by atoms with Gasteiger partial charge in [0, 0.05) is 37.6 Å². The van der Waals surface area contributed by atoms with Crippen molar-refractivity contribution in [3.05, 3.63) is 46.3 Å². The summed E-state index contributed by atoms with van der Waals surface area (Å²) in [5, 5.41) is 0.770. The Bertz CT molecular complexity index is 883. The molecular formula is C21H26N2O4. The quantitative estimate of drug-likeness (QED) is 0.777. The third-order valence-corrected chi connectivity index (χ3v) is 5.47. The van der Waals surface area contributed by atoms with Crippen LogP contribution >= 0.6 is 0 Å². The average Bonchev–Trinajstić information content (AvgIpc) is 3.07. The summed E-state index contributed by atoms with van der Waals surface area (Å²) in [7, 11) is 0. The Kier molecular flexibility index (Phi) is 5.02. The van der Waals surface area contributed by atoms with Crippen LogP contribution in [0.15, 0.2) is 39.5 Å². The van der Waals surface area contributed by atoms with Gasteiger partial charge in [-0.2, -0.15) is 0 Å². The fourth-order valence-electron chi connectivity index (χ4n) is 4.39. The molecule has 0 bridgehead atoms. The van der Waals surface area contributed by atoms with E-state index in [-0.39, 0.29) is 29.7 Å². The molecule has 3 heterocycles. The highest BCUT2D eigenvalue weighted by atomic mass is 16.5. The molecule has 27 heavy (non-hydrogen) atoms. The van der Waals surface area contributed by atoms with E-state index in [1.54, 1.807) is 12.1 Å². The number of rotatable bonds is 3. The maximum atomic E-state index is 13.1. The Morgan fingerprint density at radius 1 is 1.19 bits per heavy atom. The van der Waals surface area contributed by atoms with Crippen molar-refractivity contribution in [3.63, 3.8) is 0 Å². The van der Waals surface area contributed by atoms with Crippen molar-refractivity contribution < 1.29 is 13.9 Å². The Morgan fingerprint density at radius 2 is 1.93 bits per heavy atom. The zero-order valence-corrected chi connectivity index (χ0v) is 15.9. The van der Waals surface area contributed by atoms with Gasteiger partial charge in [0.15, 0.2) is 0 Å². The van der Waals surface area contributed by atoms with Crippen LogP contribution in [0.5, 0.6) is 0 Å². The Hall–Kier alpha value is -2.18. The van der Waals surface area contributed by atoms with E-state index in [2.05, 4.69) is 18.7 Å². The van der Waals surface area contributed by atoms with Gasteiger partial charge in [0.25, 0.3) is 5.91 Å².